The summed E-state index contributed by atoms with van der Waals surface area (Å²) in [4.78, 5) is 8.93. The van der Waals surface area contributed by atoms with Gasteiger partial charge in [0.15, 0.2) is 5.96 Å². The number of halogens is 2. The number of aliphatic imine (C=N–C) groups is 1. The molecule has 1 atom stereocenters. The smallest absolute Gasteiger partial charge is 0.193 e. The molecule has 0 amide bonds. The van der Waals surface area contributed by atoms with E-state index in [-0.39, 0.29) is 35.8 Å². The summed E-state index contributed by atoms with van der Waals surface area (Å²) < 4.78 is 18.9. The SMILES string of the molecule is CN=C(NCC(c1ccc(F)cc1)N1CCOCC1)N(C)Cc1ccccc1.I. The van der Waals surface area contributed by atoms with Gasteiger partial charge in [0, 0.05) is 40.3 Å². The van der Waals surface area contributed by atoms with Gasteiger partial charge in [-0.2, -0.15) is 0 Å². The third kappa shape index (κ3) is 6.94. The molecule has 0 spiro atoms. The number of rotatable bonds is 6. The van der Waals surface area contributed by atoms with Crippen molar-refractivity contribution in [3.8, 4) is 0 Å². The molecular formula is C22H30FIN4O. The van der Waals surface area contributed by atoms with Crippen LogP contribution in [0, 0.1) is 5.82 Å². The number of nitrogens with one attached hydrogen (secondary N) is 1. The Kier molecular flexibility index (Phi) is 9.83. The summed E-state index contributed by atoms with van der Waals surface area (Å²) in [6, 6.07) is 17.2. The zero-order valence-electron chi connectivity index (χ0n) is 17.1. The van der Waals surface area contributed by atoms with Crippen molar-refractivity contribution in [1.82, 2.24) is 15.1 Å². The van der Waals surface area contributed by atoms with Crippen LogP contribution in [0.2, 0.25) is 0 Å². The van der Waals surface area contributed by atoms with Gasteiger partial charge in [-0.15, -0.1) is 24.0 Å². The molecule has 1 N–H and O–H groups in total. The van der Waals surface area contributed by atoms with E-state index in [0.29, 0.717) is 6.54 Å². The molecule has 29 heavy (non-hydrogen) atoms. The maximum atomic E-state index is 13.4. The zero-order chi connectivity index (χ0) is 19.8. The van der Waals surface area contributed by atoms with Gasteiger partial charge in [-0.05, 0) is 23.3 Å². The molecule has 1 unspecified atom stereocenters. The molecule has 0 bridgehead atoms. The summed E-state index contributed by atoms with van der Waals surface area (Å²) in [6.45, 7) is 4.64. The van der Waals surface area contributed by atoms with Crippen LogP contribution < -0.4 is 5.32 Å². The predicted octanol–water partition coefficient (Wildman–Crippen LogP) is 3.52. The molecule has 2 aromatic carbocycles. The quantitative estimate of drug-likeness (QED) is 0.366. The first-order valence-electron chi connectivity index (χ1n) is 9.70. The van der Waals surface area contributed by atoms with Crippen molar-refractivity contribution in [3.63, 3.8) is 0 Å². The Bertz CT molecular complexity index is 751. The fraction of sp³-hybridized carbons (Fsp3) is 0.409. The first-order chi connectivity index (χ1) is 13.7. The summed E-state index contributed by atoms with van der Waals surface area (Å²) in [6.07, 6.45) is 0. The second-order valence-electron chi connectivity index (χ2n) is 6.99. The molecule has 0 radical (unpaired) electrons. The molecule has 0 aliphatic carbocycles. The average Bonchev–Trinajstić information content (AvgIpc) is 2.73. The molecule has 1 aliphatic heterocycles. The molecule has 1 saturated heterocycles. The Morgan fingerprint density at radius 2 is 1.79 bits per heavy atom. The van der Waals surface area contributed by atoms with Crippen LogP contribution in [0.3, 0.4) is 0 Å². The van der Waals surface area contributed by atoms with Gasteiger partial charge >= 0.3 is 0 Å². The van der Waals surface area contributed by atoms with Crippen LogP contribution in [0.1, 0.15) is 17.2 Å². The Morgan fingerprint density at radius 1 is 1.14 bits per heavy atom. The fourth-order valence-electron chi connectivity index (χ4n) is 3.54. The minimum absolute atomic E-state index is 0. The Labute approximate surface area is 190 Å². The summed E-state index contributed by atoms with van der Waals surface area (Å²) in [5, 5.41) is 3.50. The van der Waals surface area contributed by atoms with Crippen molar-refractivity contribution >= 4 is 29.9 Å². The maximum absolute atomic E-state index is 13.4. The van der Waals surface area contributed by atoms with Gasteiger partial charge in [-0.3, -0.25) is 9.89 Å². The fourth-order valence-corrected chi connectivity index (χ4v) is 3.54. The second kappa shape index (κ2) is 12.1. The van der Waals surface area contributed by atoms with E-state index >= 15 is 0 Å². The van der Waals surface area contributed by atoms with Crippen LogP contribution in [0.4, 0.5) is 4.39 Å². The topological polar surface area (TPSA) is 40.1 Å². The molecule has 1 heterocycles. The highest BCUT2D eigenvalue weighted by molar-refractivity contribution is 14.0. The van der Waals surface area contributed by atoms with Gasteiger partial charge in [0.1, 0.15) is 5.82 Å². The lowest BCUT2D eigenvalue weighted by molar-refractivity contribution is 0.0169. The van der Waals surface area contributed by atoms with E-state index in [1.54, 1.807) is 7.05 Å². The predicted molar refractivity (Wildman–Crippen MR) is 126 cm³/mol. The van der Waals surface area contributed by atoms with E-state index in [1.165, 1.54) is 17.7 Å². The standard InChI is InChI=1S/C22H29FN4O.HI/c1-24-22(26(2)17-18-6-4-3-5-7-18)25-16-21(27-12-14-28-15-13-27)19-8-10-20(23)11-9-19;/h3-11,21H,12-17H2,1-2H3,(H,24,25);1H. The summed E-state index contributed by atoms with van der Waals surface area (Å²) in [5.41, 5.74) is 2.33. The average molecular weight is 512 g/mol. The van der Waals surface area contributed by atoms with E-state index in [9.17, 15) is 4.39 Å². The van der Waals surface area contributed by atoms with Crippen LogP contribution in [0.15, 0.2) is 59.6 Å². The van der Waals surface area contributed by atoms with Crippen molar-refractivity contribution in [1.29, 1.82) is 0 Å². The van der Waals surface area contributed by atoms with Gasteiger partial charge in [0.25, 0.3) is 0 Å². The minimum Gasteiger partial charge on any atom is -0.379 e. The maximum Gasteiger partial charge on any atom is 0.193 e. The normalized spacial score (nSPS) is 16.0. The highest BCUT2D eigenvalue weighted by Gasteiger charge is 2.23. The molecule has 0 aromatic heterocycles. The van der Waals surface area contributed by atoms with Crippen molar-refractivity contribution in [2.45, 2.75) is 12.6 Å². The summed E-state index contributed by atoms with van der Waals surface area (Å²) >= 11 is 0. The number of nitrogens with zero attached hydrogens (tertiary/aromatic N) is 3. The molecule has 158 valence electrons. The summed E-state index contributed by atoms with van der Waals surface area (Å²) in [7, 11) is 3.83. The van der Waals surface area contributed by atoms with Gasteiger partial charge in [0.2, 0.25) is 0 Å². The van der Waals surface area contributed by atoms with E-state index < -0.39 is 0 Å². The lowest BCUT2D eigenvalue weighted by Gasteiger charge is -2.35. The van der Waals surface area contributed by atoms with Crippen LogP contribution >= 0.6 is 24.0 Å². The molecule has 3 rings (SSSR count). The third-order valence-electron chi connectivity index (χ3n) is 5.03. The summed E-state index contributed by atoms with van der Waals surface area (Å²) in [5.74, 6) is 0.625. The van der Waals surface area contributed by atoms with Crippen molar-refractivity contribution < 1.29 is 9.13 Å². The van der Waals surface area contributed by atoms with Crippen molar-refractivity contribution in [2.24, 2.45) is 4.99 Å². The van der Waals surface area contributed by atoms with Crippen LogP contribution in [0.25, 0.3) is 0 Å². The minimum atomic E-state index is -0.212. The van der Waals surface area contributed by atoms with Crippen molar-refractivity contribution in [2.75, 3.05) is 46.9 Å². The lowest BCUT2D eigenvalue weighted by atomic mass is 10.0. The molecule has 7 heteroatoms. The number of benzene rings is 2. The van der Waals surface area contributed by atoms with Crippen molar-refractivity contribution in [3.05, 3.63) is 71.5 Å². The number of hydrogen-bond donors (Lipinski definition) is 1. The van der Waals surface area contributed by atoms with Crippen LogP contribution in [0.5, 0.6) is 0 Å². The van der Waals surface area contributed by atoms with E-state index in [2.05, 4.69) is 32.2 Å². The first kappa shape index (κ1) is 23.6. The van der Waals surface area contributed by atoms with E-state index in [1.807, 2.05) is 37.4 Å². The third-order valence-corrected chi connectivity index (χ3v) is 5.03. The number of hydrogen-bond acceptors (Lipinski definition) is 3. The van der Waals surface area contributed by atoms with Gasteiger partial charge in [0.05, 0.1) is 19.3 Å². The number of ether oxygens (including phenoxy) is 1. The molecule has 5 nitrogen and oxygen atoms in total. The van der Waals surface area contributed by atoms with Gasteiger partial charge in [-0.1, -0.05) is 42.5 Å². The molecule has 1 aliphatic rings. The number of guanidine groups is 1. The van der Waals surface area contributed by atoms with Gasteiger partial charge in [-0.25, -0.2) is 4.39 Å². The Morgan fingerprint density at radius 3 is 2.41 bits per heavy atom. The van der Waals surface area contributed by atoms with E-state index in [4.69, 9.17) is 4.74 Å². The highest BCUT2D eigenvalue weighted by Crippen LogP contribution is 2.21. The largest absolute Gasteiger partial charge is 0.379 e. The molecule has 2 aromatic rings. The molecule has 0 saturated carbocycles. The molecular weight excluding hydrogens is 482 g/mol. The van der Waals surface area contributed by atoms with Crippen LogP contribution in [-0.2, 0) is 11.3 Å². The second-order valence-corrected chi connectivity index (χ2v) is 6.99. The zero-order valence-corrected chi connectivity index (χ0v) is 19.4. The monoisotopic (exact) mass is 512 g/mol. The van der Waals surface area contributed by atoms with Crippen LogP contribution in [-0.4, -0.2) is 62.7 Å². The van der Waals surface area contributed by atoms with E-state index in [0.717, 1.165) is 44.4 Å². The lowest BCUT2D eigenvalue weighted by Crippen LogP contribution is -2.46. The van der Waals surface area contributed by atoms with Gasteiger partial charge < -0.3 is 15.0 Å². The Balaban J connectivity index is 0.00000300. The first-order valence-corrected chi connectivity index (χ1v) is 9.70. The highest BCUT2D eigenvalue weighted by atomic mass is 127. The number of morpholine rings is 1. The molecule has 1 fully saturated rings. The Hall–Kier alpha value is -1.71.